The molecule has 0 bridgehead atoms. The van der Waals surface area contributed by atoms with Crippen molar-refractivity contribution in [3.05, 3.63) is 0 Å². The van der Waals surface area contributed by atoms with Gasteiger partial charge in [-0.2, -0.15) is 0 Å². The molecule has 1 aliphatic rings. The van der Waals surface area contributed by atoms with Gasteiger partial charge in [0.05, 0.1) is 0 Å². The molecule has 0 aromatic heterocycles. The first-order valence-electron chi connectivity index (χ1n) is 3.44. The Morgan fingerprint density at radius 2 is 2.08 bits per heavy atom. The minimum absolute atomic E-state index is 0.178. The fourth-order valence-corrected chi connectivity index (χ4v) is 1.89. The van der Waals surface area contributed by atoms with E-state index >= 15 is 0 Å². The maximum atomic E-state index is 10.7. The van der Waals surface area contributed by atoms with E-state index in [0.29, 0.717) is 0 Å². The van der Waals surface area contributed by atoms with Crippen LogP contribution in [0.3, 0.4) is 0 Å². The van der Waals surface area contributed by atoms with E-state index in [1.807, 2.05) is 0 Å². The molecule has 68 valence electrons. The Morgan fingerprint density at radius 3 is 2.33 bits per heavy atom. The topological polar surface area (TPSA) is 86.6 Å². The Morgan fingerprint density at radius 1 is 1.50 bits per heavy atom. The second-order valence-electron chi connectivity index (χ2n) is 2.94. The third kappa shape index (κ3) is 1.62. The molecule has 1 fully saturated rings. The monoisotopic (exact) mass is 235 g/mol. The van der Waals surface area contributed by atoms with Gasteiger partial charge in [-0.1, -0.05) is 0 Å². The van der Waals surface area contributed by atoms with Crippen LogP contribution in [-0.2, 0) is 9.59 Å². The Kier molecular flexibility index (Phi) is 2.44. The molecule has 1 unspecified atom stereocenters. The van der Waals surface area contributed by atoms with Gasteiger partial charge in [-0.25, -0.2) is 0 Å². The van der Waals surface area contributed by atoms with Crippen LogP contribution in [-0.4, -0.2) is 51.6 Å². The molecule has 0 aliphatic carbocycles. The summed E-state index contributed by atoms with van der Waals surface area (Å²) in [5, 5.41) is 20.0. The summed E-state index contributed by atoms with van der Waals surface area (Å²) in [6, 6.07) is -0.701. The fraction of sp³-hybridized carbons (Fsp3) is 0.667. The SMILES string of the molecule is O=C(O)[C@H]1C[C@]([AsH2])(C(=O)O)CN1. The Balaban J connectivity index is 2.67. The summed E-state index contributed by atoms with van der Waals surface area (Å²) < 4.78 is -0.865. The van der Waals surface area contributed by atoms with Crippen LogP contribution >= 0.6 is 0 Å². The number of carbonyl (C=O) groups is 2. The zero-order chi connectivity index (χ0) is 9.35. The van der Waals surface area contributed by atoms with Gasteiger partial charge < -0.3 is 0 Å². The zero-order valence-electron chi connectivity index (χ0n) is 6.28. The van der Waals surface area contributed by atoms with Crippen LogP contribution in [0.15, 0.2) is 0 Å². The van der Waals surface area contributed by atoms with Crippen LogP contribution in [0.1, 0.15) is 6.42 Å². The summed E-state index contributed by atoms with van der Waals surface area (Å²) in [5.74, 6) is -1.89. The van der Waals surface area contributed by atoms with Gasteiger partial charge in [0, 0.05) is 0 Å². The molecule has 0 amide bonds. The summed E-state index contributed by atoms with van der Waals surface area (Å²) in [5.41, 5.74) is 0. The number of aliphatic carboxylic acids is 2. The van der Waals surface area contributed by atoms with Crippen LogP contribution in [0.25, 0.3) is 0 Å². The molecule has 1 rings (SSSR count). The van der Waals surface area contributed by atoms with E-state index in [1.54, 1.807) is 0 Å². The molecule has 0 aromatic carbocycles. The molecule has 1 saturated heterocycles. The fourth-order valence-electron chi connectivity index (χ4n) is 1.15. The number of hydrogen-bond donors (Lipinski definition) is 3. The maximum absolute atomic E-state index is 10.7. The molecule has 0 aromatic rings. The Bertz CT molecular complexity index is 232. The van der Waals surface area contributed by atoms with Gasteiger partial charge in [0.1, 0.15) is 0 Å². The van der Waals surface area contributed by atoms with Crippen LogP contribution in [0.5, 0.6) is 0 Å². The van der Waals surface area contributed by atoms with Crippen molar-refractivity contribution < 1.29 is 19.8 Å². The van der Waals surface area contributed by atoms with Gasteiger partial charge in [0.2, 0.25) is 0 Å². The predicted molar refractivity (Wildman–Crippen MR) is 42.9 cm³/mol. The van der Waals surface area contributed by atoms with Crippen molar-refractivity contribution in [1.82, 2.24) is 5.32 Å². The number of rotatable bonds is 2. The number of carboxylic acids is 2. The van der Waals surface area contributed by atoms with E-state index < -0.39 is 22.2 Å². The second kappa shape index (κ2) is 3.07. The molecule has 1 heterocycles. The average Bonchev–Trinajstić information content (AvgIpc) is 2.33. The van der Waals surface area contributed by atoms with Crippen LogP contribution in [0, 0.1) is 0 Å². The third-order valence-electron chi connectivity index (χ3n) is 1.96. The molecule has 0 spiro atoms. The van der Waals surface area contributed by atoms with E-state index in [0.717, 1.165) is 16.9 Å². The van der Waals surface area contributed by atoms with Crippen LogP contribution in [0.2, 0.25) is 4.20 Å². The first-order valence-corrected chi connectivity index (χ1v) is 4.65. The van der Waals surface area contributed by atoms with E-state index in [2.05, 4.69) is 5.32 Å². The first-order chi connectivity index (χ1) is 5.46. The van der Waals surface area contributed by atoms with E-state index in [9.17, 15) is 9.59 Å². The second-order valence-corrected chi connectivity index (χ2v) is 5.26. The van der Waals surface area contributed by atoms with Crippen molar-refractivity contribution in [2.75, 3.05) is 6.54 Å². The molecule has 0 saturated carbocycles. The molecule has 3 N–H and O–H groups in total. The molecule has 6 heteroatoms. The Hall–Kier alpha value is -0.542. The molecule has 0 radical (unpaired) electrons. The van der Waals surface area contributed by atoms with Crippen molar-refractivity contribution in [1.29, 1.82) is 0 Å². The standard InChI is InChI=1S/C6H10AsNO4/c7-6(5(11)12)1-3(4(9)10)8-2-6/h3,8H,1-2,7H2,(H,9,10)(H,11,12)/t3-,6-/m1/s1. The third-order valence-corrected chi connectivity index (χ3v) is 3.40. The van der Waals surface area contributed by atoms with E-state index in [4.69, 9.17) is 10.2 Å². The van der Waals surface area contributed by atoms with Crippen molar-refractivity contribution in [2.45, 2.75) is 16.7 Å². The summed E-state index contributed by atoms with van der Waals surface area (Å²) in [6.45, 7) is 0.249. The van der Waals surface area contributed by atoms with Gasteiger partial charge in [-0.3, -0.25) is 0 Å². The van der Waals surface area contributed by atoms with Gasteiger partial charge in [-0.15, -0.1) is 0 Å². The zero-order valence-corrected chi connectivity index (χ0v) is 8.70. The molecule has 5 nitrogen and oxygen atoms in total. The quantitative estimate of drug-likeness (QED) is 0.497. The molecule has 3 atom stereocenters. The van der Waals surface area contributed by atoms with Gasteiger partial charge in [0.25, 0.3) is 0 Å². The Labute approximate surface area is 77.6 Å². The van der Waals surface area contributed by atoms with Gasteiger partial charge in [0.15, 0.2) is 0 Å². The van der Waals surface area contributed by atoms with E-state index in [1.165, 1.54) is 0 Å². The van der Waals surface area contributed by atoms with Crippen molar-refractivity contribution in [2.24, 2.45) is 0 Å². The van der Waals surface area contributed by atoms with Gasteiger partial charge >= 0.3 is 77.1 Å². The van der Waals surface area contributed by atoms with E-state index in [-0.39, 0.29) is 13.0 Å². The molecule has 1 aliphatic heterocycles. The normalized spacial score (nSPS) is 34.9. The summed E-state index contributed by atoms with van der Waals surface area (Å²) in [4.78, 5) is 21.1. The van der Waals surface area contributed by atoms with Crippen molar-refractivity contribution >= 4 is 28.8 Å². The van der Waals surface area contributed by atoms with Crippen LogP contribution < -0.4 is 5.32 Å². The molecular weight excluding hydrogens is 225 g/mol. The average molecular weight is 235 g/mol. The number of nitrogens with one attached hydrogen (secondary N) is 1. The number of carboxylic acid groups (broad SMARTS) is 2. The summed E-state index contributed by atoms with van der Waals surface area (Å²) in [7, 11) is 0. The summed E-state index contributed by atoms with van der Waals surface area (Å²) in [6.07, 6.45) is 0.178. The molecule has 12 heavy (non-hydrogen) atoms. The number of hydrogen-bond acceptors (Lipinski definition) is 3. The predicted octanol–water partition coefficient (Wildman–Crippen LogP) is -1.69. The molecular formula is C6H10AsNO4. The summed E-state index contributed by atoms with van der Waals surface area (Å²) >= 11 is 1.06. The van der Waals surface area contributed by atoms with Gasteiger partial charge in [-0.05, 0) is 0 Å². The van der Waals surface area contributed by atoms with Crippen LogP contribution in [0.4, 0.5) is 0 Å². The van der Waals surface area contributed by atoms with Crippen molar-refractivity contribution in [3.8, 4) is 0 Å². The first kappa shape index (κ1) is 9.55. The van der Waals surface area contributed by atoms with Crippen molar-refractivity contribution in [3.63, 3.8) is 0 Å². The minimum atomic E-state index is -0.976.